The molecule has 0 fully saturated rings. The summed E-state index contributed by atoms with van der Waals surface area (Å²) in [7, 11) is 0. The first-order valence-electron chi connectivity index (χ1n) is 4.16. The molecular formula is C10H13FOS. The summed E-state index contributed by atoms with van der Waals surface area (Å²) in [6, 6.07) is 7.54. The third-order valence-corrected chi connectivity index (χ3v) is 2.63. The van der Waals surface area contributed by atoms with E-state index in [-0.39, 0.29) is 6.42 Å². The Labute approximate surface area is 82.0 Å². The zero-order valence-corrected chi connectivity index (χ0v) is 8.35. The van der Waals surface area contributed by atoms with Crippen LogP contribution in [0, 0.1) is 0 Å². The average Bonchev–Trinajstić information content (AvgIpc) is 2.18. The van der Waals surface area contributed by atoms with E-state index in [9.17, 15) is 9.50 Å². The van der Waals surface area contributed by atoms with Crippen molar-refractivity contribution in [1.82, 2.24) is 0 Å². The molecule has 0 aliphatic heterocycles. The molecule has 0 aliphatic carbocycles. The standard InChI is InChI=1S/C10H13FOS/c1-13-9-4-2-8(3-5-9)10(12)6-7-11/h2-5,10,12H,6-7H2,1H3. The van der Waals surface area contributed by atoms with Crippen molar-refractivity contribution in [1.29, 1.82) is 0 Å². The molecule has 1 rings (SSSR count). The van der Waals surface area contributed by atoms with E-state index >= 15 is 0 Å². The molecular weight excluding hydrogens is 187 g/mol. The Kier molecular flexibility index (Phi) is 4.25. The van der Waals surface area contributed by atoms with Gasteiger partial charge < -0.3 is 5.11 Å². The van der Waals surface area contributed by atoms with Gasteiger partial charge in [0, 0.05) is 11.3 Å². The highest BCUT2D eigenvalue weighted by molar-refractivity contribution is 7.98. The van der Waals surface area contributed by atoms with E-state index in [0.29, 0.717) is 0 Å². The molecule has 0 aromatic heterocycles. The number of rotatable bonds is 4. The minimum Gasteiger partial charge on any atom is -0.388 e. The van der Waals surface area contributed by atoms with E-state index in [1.165, 1.54) is 0 Å². The molecule has 0 aliphatic rings. The Bertz CT molecular complexity index is 248. The molecule has 72 valence electrons. The van der Waals surface area contributed by atoms with Crippen molar-refractivity contribution in [2.24, 2.45) is 0 Å². The first-order chi connectivity index (χ1) is 6.27. The van der Waals surface area contributed by atoms with Gasteiger partial charge in [0.2, 0.25) is 0 Å². The second-order valence-corrected chi connectivity index (χ2v) is 3.65. The van der Waals surface area contributed by atoms with Crippen LogP contribution >= 0.6 is 11.8 Å². The van der Waals surface area contributed by atoms with Crippen molar-refractivity contribution >= 4 is 11.8 Å². The topological polar surface area (TPSA) is 20.2 Å². The molecule has 1 aromatic carbocycles. The van der Waals surface area contributed by atoms with E-state index in [4.69, 9.17) is 0 Å². The van der Waals surface area contributed by atoms with E-state index in [0.717, 1.165) is 10.5 Å². The predicted molar refractivity (Wildman–Crippen MR) is 53.8 cm³/mol. The fraction of sp³-hybridized carbons (Fsp3) is 0.400. The zero-order chi connectivity index (χ0) is 9.68. The van der Waals surface area contributed by atoms with Gasteiger partial charge >= 0.3 is 0 Å². The first kappa shape index (κ1) is 10.5. The normalized spacial score (nSPS) is 12.8. The van der Waals surface area contributed by atoms with Gasteiger partial charge in [0.1, 0.15) is 0 Å². The fourth-order valence-electron chi connectivity index (χ4n) is 1.10. The average molecular weight is 200 g/mol. The smallest absolute Gasteiger partial charge is 0.0922 e. The second kappa shape index (κ2) is 5.25. The van der Waals surface area contributed by atoms with E-state index in [1.807, 2.05) is 30.5 Å². The van der Waals surface area contributed by atoms with Crippen molar-refractivity contribution in [3.63, 3.8) is 0 Å². The SMILES string of the molecule is CSc1ccc(C(O)CCF)cc1. The number of benzene rings is 1. The number of halogens is 1. The van der Waals surface area contributed by atoms with Gasteiger partial charge in [0.15, 0.2) is 0 Å². The fourth-order valence-corrected chi connectivity index (χ4v) is 1.50. The summed E-state index contributed by atoms with van der Waals surface area (Å²) in [5.74, 6) is 0. The Hall–Kier alpha value is -0.540. The number of thioether (sulfide) groups is 1. The molecule has 0 amide bonds. The summed E-state index contributed by atoms with van der Waals surface area (Å²) >= 11 is 1.65. The lowest BCUT2D eigenvalue weighted by Gasteiger charge is -2.08. The minimum absolute atomic E-state index is 0.179. The molecule has 0 radical (unpaired) electrons. The lowest BCUT2D eigenvalue weighted by molar-refractivity contribution is 0.156. The Balaban J connectivity index is 2.67. The molecule has 0 saturated heterocycles. The van der Waals surface area contributed by atoms with Crippen molar-refractivity contribution in [3.05, 3.63) is 29.8 Å². The van der Waals surface area contributed by atoms with Gasteiger partial charge in [-0.15, -0.1) is 11.8 Å². The number of aliphatic hydroxyl groups excluding tert-OH is 1. The summed E-state index contributed by atoms with van der Waals surface area (Å²) in [5, 5.41) is 9.44. The summed E-state index contributed by atoms with van der Waals surface area (Å²) in [6.07, 6.45) is 1.51. The molecule has 1 aromatic rings. The molecule has 13 heavy (non-hydrogen) atoms. The molecule has 0 spiro atoms. The van der Waals surface area contributed by atoms with Crippen molar-refractivity contribution in [2.45, 2.75) is 17.4 Å². The van der Waals surface area contributed by atoms with Gasteiger partial charge in [-0.25, -0.2) is 0 Å². The largest absolute Gasteiger partial charge is 0.388 e. The highest BCUT2D eigenvalue weighted by Gasteiger charge is 2.05. The Morgan fingerprint density at radius 1 is 1.38 bits per heavy atom. The molecule has 3 heteroatoms. The van der Waals surface area contributed by atoms with Crippen molar-refractivity contribution in [2.75, 3.05) is 12.9 Å². The highest BCUT2D eigenvalue weighted by atomic mass is 32.2. The summed E-state index contributed by atoms with van der Waals surface area (Å²) in [4.78, 5) is 1.15. The number of alkyl halides is 1. The molecule has 1 nitrogen and oxygen atoms in total. The van der Waals surface area contributed by atoms with Gasteiger partial charge in [-0.05, 0) is 24.0 Å². The maximum atomic E-state index is 11.9. The second-order valence-electron chi connectivity index (χ2n) is 2.77. The van der Waals surface area contributed by atoms with Gasteiger partial charge in [-0.1, -0.05) is 12.1 Å². The quantitative estimate of drug-likeness (QED) is 0.754. The van der Waals surface area contributed by atoms with Crippen LogP contribution in [0.25, 0.3) is 0 Å². The zero-order valence-electron chi connectivity index (χ0n) is 7.53. The molecule has 0 saturated carbocycles. The Morgan fingerprint density at radius 2 is 2.00 bits per heavy atom. The number of hydrogen-bond donors (Lipinski definition) is 1. The van der Waals surface area contributed by atoms with Gasteiger partial charge in [0.05, 0.1) is 12.8 Å². The van der Waals surface area contributed by atoms with Gasteiger partial charge in [-0.3, -0.25) is 4.39 Å². The van der Waals surface area contributed by atoms with Crippen molar-refractivity contribution in [3.8, 4) is 0 Å². The van der Waals surface area contributed by atoms with E-state index in [1.54, 1.807) is 11.8 Å². The summed E-state index contributed by atoms with van der Waals surface area (Å²) < 4.78 is 11.9. The predicted octanol–water partition coefficient (Wildman–Crippen LogP) is 2.80. The third kappa shape index (κ3) is 3.01. The van der Waals surface area contributed by atoms with Crippen LogP contribution in [0.3, 0.4) is 0 Å². The van der Waals surface area contributed by atoms with Crippen LogP contribution in [0.5, 0.6) is 0 Å². The monoisotopic (exact) mass is 200 g/mol. The maximum absolute atomic E-state index is 11.9. The van der Waals surface area contributed by atoms with Gasteiger partial charge in [-0.2, -0.15) is 0 Å². The van der Waals surface area contributed by atoms with Crippen LogP contribution in [0.4, 0.5) is 4.39 Å². The van der Waals surface area contributed by atoms with E-state index in [2.05, 4.69) is 0 Å². The molecule has 1 atom stereocenters. The van der Waals surface area contributed by atoms with Crippen LogP contribution in [0.2, 0.25) is 0 Å². The lowest BCUT2D eigenvalue weighted by atomic mass is 10.1. The molecule has 1 N–H and O–H groups in total. The minimum atomic E-state index is -0.666. The Morgan fingerprint density at radius 3 is 2.46 bits per heavy atom. The third-order valence-electron chi connectivity index (χ3n) is 1.88. The van der Waals surface area contributed by atoms with Crippen LogP contribution in [-0.2, 0) is 0 Å². The number of aliphatic hydroxyl groups is 1. The molecule has 0 bridgehead atoms. The molecule has 0 heterocycles. The first-order valence-corrected chi connectivity index (χ1v) is 5.38. The van der Waals surface area contributed by atoms with Crippen LogP contribution in [0.1, 0.15) is 18.1 Å². The summed E-state index contributed by atoms with van der Waals surface area (Å²) in [6.45, 7) is -0.481. The van der Waals surface area contributed by atoms with Crippen molar-refractivity contribution < 1.29 is 9.50 Å². The van der Waals surface area contributed by atoms with E-state index < -0.39 is 12.8 Å². The van der Waals surface area contributed by atoms with Crippen LogP contribution in [-0.4, -0.2) is 18.0 Å². The van der Waals surface area contributed by atoms with Crippen LogP contribution in [0.15, 0.2) is 29.2 Å². The highest BCUT2D eigenvalue weighted by Crippen LogP contribution is 2.20. The maximum Gasteiger partial charge on any atom is 0.0922 e. The lowest BCUT2D eigenvalue weighted by Crippen LogP contribution is -1.97. The number of hydrogen-bond acceptors (Lipinski definition) is 2. The van der Waals surface area contributed by atoms with Gasteiger partial charge in [0.25, 0.3) is 0 Å². The van der Waals surface area contributed by atoms with Crippen LogP contribution < -0.4 is 0 Å². The molecule has 1 unspecified atom stereocenters. The summed E-state index contributed by atoms with van der Waals surface area (Å²) in [5.41, 5.74) is 0.787.